The summed E-state index contributed by atoms with van der Waals surface area (Å²) in [6.07, 6.45) is 0. The Morgan fingerprint density at radius 1 is 0.479 bits per heavy atom. The molecular formula is C43H32N4O. The molecule has 0 saturated carbocycles. The molecule has 0 saturated heterocycles. The fourth-order valence-corrected chi connectivity index (χ4v) is 6.77. The standard InChI is InChI=1S/C43H32N4O/c1-43(2,3)30-22-24-34-33(26-30)31-23-21-29(25-36(31)47(34)35-18-12-20-38-39(35)32-17-10-11-19-37(32)48-38)42-45-40(27-13-6-4-7-14-27)44-41(46-42)28-15-8-5-9-16-28/h4-26H,1-3H3. The first kappa shape index (κ1) is 28.2. The van der Waals surface area contributed by atoms with Crippen molar-refractivity contribution >= 4 is 43.7 Å². The predicted molar refractivity (Wildman–Crippen MR) is 196 cm³/mol. The Morgan fingerprint density at radius 3 is 1.79 bits per heavy atom. The molecule has 0 amide bonds. The van der Waals surface area contributed by atoms with Gasteiger partial charge in [-0.1, -0.05) is 124 Å². The smallest absolute Gasteiger partial charge is 0.164 e. The van der Waals surface area contributed by atoms with Crippen molar-refractivity contribution in [3.63, 3.8) is 0 Å². The van der Waals surface area contributed by atoms with Crippen LogP contribution in [0.3, 0.4) is 0 Å². The van der Waals surface area contributed by atoms with Gasteiger partial charge in [0.05, 0.1) is 22.1 Å². The fraction of sp³-hybridized carbons (Fsp3) is 0.0930. The van der Waals surface area contributed by atoms with E-state index in [-0.39, 0.29) is 5.41 Å². The number of para-hydroxylation sites is 1. The van der Waals surface area contributed by atoms with Crippen molar-refractivity contribution in [1.82, 2.24) is 19.5 Å². The van der Waals surface area contributed by atoms with E-state index in [2.05, 4.69) is 92.1 Å². The Bertz CT molecular complexity index is 2590. The zero-order valence-corrected chi connectivity index (χ0v) is 27.0. The number of aromatic nitrogens is 4. The maximum Gasteiger partial charge on any atom is 0.164 e. The SMILES string of the molecule is CC(C)(C)c1ccc2c(c1)c1ccc(-c3nc(-c4ccccc4)nc(-c4ccccc4)n3)cc1n2-c1cccc2oc3ccccc3c12. The Labute approximate surface area is 278 Å². The number of fused-ring (bicyclic) bond motifs is 6. The van der Waals surface area contributed by atoms with Gasteiger partial charge in [0.15, 0.2) is 17.5 Å². The van der Waals surface area contributed by atoms with E-state index in [1.54, 1.807) is 0 Å². The minimum absolute atomic E-state index is 0.00981. The van der Waals surface area contributed by atoms with E-state index >= 15 is 0 Å². The Hall–Kier alpha value is -6.07. The van der Waals surface area contributed by atoms with Crippen molar-refractivity contribution in [2.75, 3.05) is 0 Å². The molecule has 0 N–H and O–H groups in total. The fourth-order valence-electron chi connectivity index (χ4n) is 6.77. The van der Waals surface area contributed by atoms with Crippen LogP contribution in [-0.2, 0) is 5.41 Å². The second kappa shape index (κ2) is 10.7. The van der Waals surface area contributed by atoms with Crippen LogP contribution in [-0.4, -0.2) is 19.5 Å². The van der Waals surface area contributed by atoms with Crippen LogP contribution in [0.5, 0.6) is 0 Å². The Morgan fingerprint density at radius 2 is 1.10 bits per heavy atom. The lowest BCUT2D eigenvalue weighted by atomic mass is 9.86. The summed E-state index contributed by atoms with van der Waals surface area (Å²) in [5, 5.41) is 4.57. The molecule has 0 aliphatic carbocycles. The number of nitrogens with zero attached hydrogens (tertiary/aromatic N) is 4. The average molecular weight is 621 g/mol. The monoisotopic (exact) mass is 620 g/mol. The number of benzene rings is 6. The normalized spacial score (nSPS) is 12.1. The van der Waals surface area contributed by atoms with Crippen LogP contribution in [0.4, 0.5) is 0 Å². The van der Waals surface area contributed by atoms with Gasteiger partial charge in [-0.3, -0.25) is 0 Å². The molecule has 0 aliphatic heterocycles. The highest BCUT2D eigenvalue weighted by Crippen LogP contribution is 2.41. The van der Waals surface area contributed by atoms with E-state index < -0.39 is 0 Å². The second-order valence-electron chi connectivity index (χ2n) is 13.3. The van der Waals surface area contributed by atoms with E-state index in [0.717, 1.165) is 55.3 Å². The molecule has 0 aliphatic rings. The molecule has 48 heavy (non-hydrogen) atoms. The van der Waals surface area contributed by atoms with Gasteiger partial charge in [-0.25, -0.2) is 15.0 Å². The largest absolute Gasteiger partial charge is 0.456 e. The highest BCUT2D eigenvalue weighted by Gasteiger charge is 2.22. The molecule has 5 nitrogen and oxygen atoms in total. The molecule has 0 spiro atoms. The first-order chi connectivity index (χ1) is 23.4. The molecule has 0 atom stereocenters. The van der Waals surface area contributed by atoms with E-state index in [4.69, 9.17) is 19.4 Å². The molecule has 0 bridgehead atoms. The van der Waals surface area contributed by atoms with Crippen molar-refractivity contribution in [1.29, 1.82) is 0 Å². The summed E-state index contributed by atoms with van der Waals surface area (Å²) in [5.74, 6) is 1.91. The molecule has 6 aromatic carbocycles. The molecule has 9 aromatic rings. The van der Waals surface area contributed by atoms with Gasteiger partial charge in [-0.15, -0.1) is 0 Å². The van der Waals surface area contributed by atoms with Crippen LogP contribution >= 0.6 is 0 Å². The Balaban J connectivity index is 1.35. The summed E-state index contributed by atoms with van der Waals surface area (Å²) < 4.78 is 8.72. The lowest BCUT2D eigenvalue weighted by Gasteiger charge is -2.19. The first-order valence-corrected chi connectivity index (χ1v) is 16.3. The van der Waals surface area contributed by atoms with Gasteiger partial charge in [0.25, 0.3) is 0 Å². The van der Waals surface area contributed by atoms with Crippen molar-refractivity contribution in [3.8, 4) is 39.9 Å². The number of hydrogen-bond donors (Lipinski definition) is 0. The van der Waals surface area contributed by atoms with Gasteiger partial charge in [0.2, 0.25) is 0 Å². The third-order valence-electron chi connectivity index (χ3n) is 9.21. The third-order valence-corrected chi connectivity index (χ3v) is 9.21. The Kier molecular flexibility index (Phi) is 6.31. The molecule has 9 rings (SSSR count). The summed E-state index contributed by atoms with van der Waals surface area (Å²) in [6, 6.07) is 48.3. The summed E-state index contributed by atoms with van der Waals surface area (Å²) in [5.41, 5.74) is 9.15. The van der Waals surface area contributed by atoms with Crippen LogP contribution < -0.4 is 0 Å². The van der Waals surface area contributed by atoms with E-state index in [1.807, 2.05) is 72.8 Å². The third kappa shape index (κ3) is 4.58. The summed E-state index contributed by atoms with van der Waals surface area (Å²) in [7, 11) is 0. The van der Waals surface area contributed by atoms with Crippen LogP contribution in [0.1, 0.15) is 26.3 Å². The highest BCUT2D eigenvalue weighted by molar-refractivity contribution is 6.15. The predicted octanol–water partition coefficient (Wildman–Crippen LogP) is 11.2. The summed E-state index contributed by atoms with van der Waals surface area (Å²) in [6.45, 7) is 6.79. The van der Waals surface area contributed by atoms with E-state index in [9.17, 15) is 0 Å². The van der Waals surface area contributed by atoms with Crippen LogP contribution in [0.15, 0.2) is 144 Å². The maximum atomic E-state index is 6.34. The average Bonchev–Trinajstić information content (AvgIpc) is 3.67. The lowest BCUT2D eigenvalue weighted by molar-refractivity contribution is 0.591. The first-order valence-electron chi connectivity index (χ1n) is 16.3. The molecule has 3 aromatic heterocycles. The minimum Gasteiger partial charge on any atom is -0.456 e. The van der Waals surface area contributed by atoms with Crippen molar-refractivity contribution in [2.24, 2.45) is 0 Å². The summed E-state index contributed by atoms with van der Waals surface area (Å²) in [4.78, 5) is 15.0. The van der Waals surface area contributed by atoms with Crippen LogP contribution in [0.2, 0.25) is 0 Å². The summed E-state index contributed by atoms with van der Waals surface area (Å²) >= 11 is 0. The van der Waals surface area contributed by atoms with Crippen LogP contribution in [0.25, 0.3) is 83.6 Å². The second-order valence-corrected chi connectivity index (χ2v) is 13.3. The quantitative estimate of drug-likeness (QED) is 0.196. The van der Waals surface area contributed by atoms with Crippen molar-refractivity contribution in [2.45, 2.75) is 26.2 Å². The van der Waals surface area contributed by atoms with Crippen LogP contribution in [0, 0.1) is 0 Å². The van der Waals surface area contributed by atoms with E-state index in [1.165, 1.54) is 16.3 Å². The topological polar surface area (TPSA) is 56.7 Å². The van der Waals surface area contributed by atoms with Gasteiger partial charge >= 0.3 is 0 Å². The van der Waals surface area contributed by atoms with Gasteiger partial charge in [0.1, 0.15) is 11.2 Å². The molecule has 5 heteroatoms. The van der Waals surface area contributed by atoms with E-state index in [0.29, 0.717) is 17.5 Å². The maximum absolute atomic E-state index is 6.34. The minimum atomic E-state index is 0.00981. The van der Waals surface area contributed by atoms with Gasteiger partial charge in [-0.05, 0) is 47.4 Å². The number of furan rings is 1. The number of rotatable bonds is 4. The molecule has 230 valence electrons. The lowest BCUT2D eigenvalue weighted by Crippen LogP contribution is -2.10. The van der Waals surface area contributed by atoms with Gasteiger partial charge < -0.3 is 8.98 Å². The molecule has 0 radical (unpaired) electrons. The molecule has 3 heterocycles. The zero-order valence-electron chi connectivity index (χ0n) is 27.0. The highest BCUT2D eigenvalue weighted by atomic mass is 16.3. The number of hydrogen-bond acceptors (Lipinski definition) is 4. The molecular weight excluding hydrogens is 589 g/mol. The van der Waals surface area contributed by atoms with Gasteiger partial charge in [0, 0.05) is 32.8 Å². The van der Waals surface area contributed by atoms with Gasteiger partial charge in [-0.2, -0.15) is 0 Å². The zero-order chi connectivity index (χ0) is 32.4. The van der Waals surface area contributed by atoms with Crippen molar-refractivity contribution < 1.29 is 4.42 Å². The molecule has 0 unspecified atom stereocenters. The molecule has 0 fully saturated rings. The van der Waals surface area contributed by atoms with Crippen molar-refractivity contribution in [3.05, 3.63) is 145 Å².